The molecule has 158 valence electrons. The zero-order valence-corrected chi connectivity index (χ0v) is 20.1. The van der Waals surface area contributed by atoms with Gasteiger partial charge in [-0.3, -0.25) is 4.99 Å². The summed E-state index contributed by atoms with van der Waals surface area (Å²) in [5.41, 5.74) is 2.64. The standard InChI is InChI=1S/C22H37N5.HI/c1-4-12-26-13-9-19(10-14-26)16-24-22(23-3)25-20-11-15-27(17-20)21-7-5-18(2)6-8-21;/h5-8,19-20H,4,9-17H2,1-3H3,(H2,23,24,25);1H. The highest BCUT2D eigenvalue weighted by Crippen LogP contribution is 2.21. The van der Waals surface area contributed by atoms with E-state index < -0.39 is 0 Å². The Morgan fingerprint density at radius 3 is 2.46 bits per heavy atom. The van der Waals surface area contributed by atoms with Gasteiger partial charge in [0.25, 0.3) is 0 Å². The second-order valence-corrected chi connectivity index (χ2v) is 8.15. The van der Waals surface area contributed by atoms with Crippen LogP contribution in [-0.2, 0) is 0 Å². The van der Waals surface area contributed by atoms with Gasteiger partial charge in [-0.15, -0.1) is 24.0 Å². The number of hydrogen-bond acceptors (Lipinski definition) is 3. The number of aryl methyl sites for hydroxylation is 1. The quantitative estimate of drug-likeness (QED) is 0.358. The number of aliphatic imine (C=N–C) groups is 1. The van der Waals surface area contributed by atoms with Crippen LogP contribution in [0.25, 0.3) is 0 Å². The van der Waals surface area contributed by atoms with Crippen LogP contribution in [0.3, 0.4) is 0 Å². The third-order valence-corrected chi connectivity index (χ3v) is 5.96. The molecule has 2 fully saturated rings. The van der Waals surface area contributed by atoms with Gasteiger partial charge in [0.2, 0.25) is 0 Å². The summed E-state index contributed by atoms with van der Waals surface area (Å²) in [4.78, 5) is 9.52. The summed E-state index contributed by atoms with van der Waals surface area (Å²) in [6, 6.07) is 9.32. The summed E-state index contributed by atoms with van der Waals surface area (Å²) >= 11 is 0. The van der Waals surface area contributed by atoms with Crippen molar-refractivity contribution >= 4 is 35.6 Å². The molecule has 0 spiro atoms. The van der Waals surface area contributed by atoms with Crippen LogP contribution < -0.4 is 15.5 Å². The van der Waals surface area contributed by atoms with Gasteiger partial charge >= 0.3 is 0 Å². The third kappa shape index (κ3) is 6.79. The van der Waals surface area contributed by atoms with E-state index in [4.69, 9.17) is 0 Å². The first-order chi connectivity index (χ1) is 13.2. The number of guanidine groups is 1. The van der Waals surface area contributed by atoms with E-state index in [0.717, 1.165) is 37.9 Å². The molecule has 2 heterocycles. The molecule has 1 unspecified atom stereocenters. The SMILES string of the molecule is CCCN1CCC(CNC(=NC)NC2CCN(c3ccc(C)cc3)C2)CC1.I. The Kier molecular flexibility index (Phi) is 9.85. The van der Waals surface area contributed by atoms with E-state index in [2.05, 4.69) is 63.5 Å². The van der Waals surface area contributed by atoms with Gasteiger partial charge in [0.1, 0.15) is 0 Å². The number of nitrogens with one attached hydrogen (secondary N) is 2. The molecule has 0 bridgehead atoms. The molecule has 5 nitrogen and oxygen atoms in total. The molecular formula is C22H38IN5. The molecule has 2 N–H and O–H groups in total. The lowest BCUT2D eigenvalue weighted by molar-refractivity contribution is 0.185. The van der Waals surface area contributed by atoms with Gasteiger partial charge in [-0.2, -0.15) is 0 Å². The van der Waals surface area contributed by atoms with Crippen molar-refractivity contribution in [3.63, 3.8) is 0 Å². The van der Waals surface area contributed by atoms with E-state index in [9.17, 15) is 0 Å². The van der Waals surface area contributed by atoms with Crippen molar-refractivity contribution in [2.45, 2.75) is 45.6 Å². The largest absolute Gasteiger partial charge is 0.369 e. The predicted molar refractivity (Wildman–Crippen MR) is 131 cm³/mol. The van der Waals surface area contributed by atoms with Gasteiger partial charge in [-0.25, -0.2) is 0 Å². The fraction of sp³-hybridized carbons (Fsp3) is 0.682. The van der Waals surface area contributed by atoms with Crippen molar-refractivity contribution in [2.75, 3.05) is 51.2 Å². The number of hydrogen-bond donors (Lipinski definition) is 2. The molecule has 0 amide bonds. The Bertz CT molecular complexity index is 595. The Morgan fingerprint density at radius 2 is 1.82 bits per heavy atom. The normalized spacial score (nSPS) is 21.5. The first-order valence-electron chi connectivity index (χ1n) is 10.7. The number of rotatable bonds is 6. The van der Waals surface area contributed by atoms with Crippen LogP contribution in [0.4, 0.5) is 5.69 Å². The van der Waals surface area contributed by atoms with Crippen LogP contribution in [0.2, 0.25) is 0 Å². The molecule has 1 aromatic carbocycles. The van der Waals surface area contributed by atoms with Crippen LogP contribution in [0.1, 0.15) is 38.2 Å². The van der Waals surface area contributed by atoms with E-state index in [1.165, 1.54) is 50.1 Å². The van der Waals surface area contributed by atoms with Crippen molar-refractivity contribution in [1.82, 2.24) is 15.5 Å². The zero-order chi connectivity index (χ0) is 19.1. The summed E-state index contributed by atoms with van der Waals surface area (Å²) in [5.74, 6) is 1.73. The van der Waals surface area contributed by atoms with E-state index >= 15 is 0 Å². The van der Waals surface area contributed by atoms with Gasteiger partial charge in [0.15, 0.2) is 5.96 Å². The molecule has 0 radical (unpaired) electrons. The Hall–Kier alpha value is -1.02. The summed E-state index contributed by atoms with van der Waals surface area (Å²) in [7, 11) is 1.88. The van der Waals surface area contributed by atoms with Crippen LogP contribution in [0.15, 0.2) is 29.3 Å². The second-order valence-electron chi connectivity index (χ2n) is 8.15. The summed E-state index contributed by atoms with van der Waals surface area (Å²) in [5, 5.41) is 7.21. The highest BCUT2D eigenvalue weighted by molar-refractivity contribution is 14.0. The molecule has 2 saturated heterocycles. The topological polar surface area (TPSA) is 42.9 Å². The van der Waals surface area contributed by atoms with Crippen molar-refractivity contribution in [3.05, 3.63) is 29.8 Å². The molecule has 2 aliphatic rings. The van der Waals surface area contributed by atoms with Crippen molar-refractivity contribution in [2.24, 2.45) is 10.9 Å². The second kappa shape index (κ2) is 11.9. The number of halogens is 1. The summed E-state index contributed by atoms with van der Waals surface area (Å²) < 4.78 is 0. The third-order valence-electron chi connectivity index (χ3n) is 5.96. The van der Waals surface area contributed by atoms with E-state index in [0.29, 0.717) is 6.04 Å². The summed E-state index contributed by atoms with van der Waals surface area (Å²) in [6.45, 7) is 11.3. The van der Waals surface area contributed by atoms with Gasteiger partial charge in [-0.05, 0) is 70.3 Å². The summed E-state index contributed by atoms with van der Waals surface area (Å²) in [6.07, 6.45) is 5.02. The van der Waals surface area contributed by atoms with E-state index in [1.807, 2.05) is 7.05 Å². The van der Waals surface area contributed by atoms with E-state index in [-0.39, 0.29) is 24.0 Å². The average molecular weight is 499 g/mol. The molecule has 6 heteroatoms. The minimum atomic E-state index is 0. The van der Waals surface area contributed by atoms with Gasteiger partial charge in [0, 0.05) is 38.4 Å². The lowest BCUT2D eigenvalue weighted by Crippen LogP contribution is -2.47. The minimum absolute atomic E-state index is 0. The molecule has 0 saturated carbocycles. The molecule has 28 heavy (non-hydrogen) atoms. The first kappa shape index (κ1) is 23.3. The zero-order valence-electron chi connectivity index (χ0n) is 17.8. The highest BCUT2D eigenvalue weighted by atomic mass is 127. The fourth-order valence-corrected chi connectivity index (χ4v) is 4.23. The predicted octanol–water partition coefficient (Wildman–Crippen LogP) is 3.48. The molecule has 0 aromatic heterocycles. The highest BCUT2D eigenvalue weighted by Gasteiger charge is 2.24. The number of anilines is 1. The maximum atomic E-state index is 4.46. The molecular weight excluding hydrogens is 461 g/mol. The lowest BCUT2D eigenvalue weighted by atomic mass is 9.97. The van der Waals surface area contributed by atoms with Crippen LogP contribution in [0, 0.1) is 12.8 Å². The Labute approximate surface area is 188 Å². The Morgan fingerprint density at radius 1 is 1.11 bits per heavy atom. The van der Waals surface area contributed by atoms with Crippen LogP contribution >= 0.6 is 24.0 Å². The molecule has 3 rings (SSSR count). The van der Waals surface area contributed by atoms with E-state index in [1.54, 1.807) is 0 Å². The molecule has 2 aliphatic heterocycles. The maximum absolute atomic E-state index is 4.46. The molecule has 0 aliphatic carbocycles. The number of likely N-dealkylation sites (tertiary alicyclic amines) is 1. The fourth-order valence-electron chi connectivity index (χ4n) is 4.23. The number of piperidine rings is 1. The minimum Gasteiger partial charge on any atom is -0.369 e. The van der Waals surface area contributed by atoms with Crippen LogP contribution in [-0.4, -0.2) is 63.2 Å². The average Bonchev–Trinajstić information content (AvgIpc) is 3.15. The van der Waals surface area contributed by atoms with Crippen molar-refractivity contribution in [1.29, 1.82) is 0 Å². The lowest BCUT2D eigenvalue weighted by Gasteiger charge is -2.32. The molecule has 1 aromatic rings. The monoisotopic (exact) mass is 499 g/mol. The smallest absolute Gasteiger partial charge is 0.191 e. The van der Waals surface area contributed by atoms with Gasteiger partial charge < -0.3 is 20.4 Å². The molecule has 1 atom stereocenters. The van der Waals surface area contributed by atoms with Crippen LogP contribution in [0.5, 0.6) is 0 Å². The van der Waals surface area contributed by atoms with Crippen molar-refractivity contribution in [3.8, 4) is 0 Å². The maximum Gasteiger partial charge on any atom is 0.191 e. The van der Waals surface area contributed by atoms with Crippen molar-refractivity contribution < 1.29 is 0 Å². The first-order valence-corrected chi connectivity index (χ1v) is 10.7. The number of nitrogens with zero attached hydrogens (tertiary/aromatic N) is 3. The van der Waals surface area contributed by atoms with Gasteiger partial charge in [0.05, 0.1) is 0 Å². The van der Waals surface area contributed by atoms with Gasteiger partial charge in [-0.1, -0.05) is 24.6 Å². The Balaban J connectivity index is 0.00000280. The number of benzene rings is 1.